The summed E-state index contributed by atoms with van der Waals surface area (Å²) < 4.78 is 10.5. The third-order valence-electron chi connectivity index (χ3n) is 3.32. The minimum absolute atomic E-state index is 0.00841. The number of ether oxygens (including phenoxy) is 2. The van der Waals surface area contributed by atoms with Gasteiger partial charge in [-0.05, 0) is 17.7 Å². The number of phenolic OH excluding ortho intramolecular Hbond substituents is 1. The molecule has 0 bridgehead atoms. The van der Waals surface area contributed by atoms with Crippen molar-refractivity contribution in [2.24, 2.45) is 5.10 Å². The second kappa shape index (κ2) is 9.24. The van der Waals surface area contributed by atoms with Crippen LogP contribution >= 0.6 is 0 Å². The first kappa shape index (κ1) is 18.2. The number of nitrogens with zero attached hydrogens (tertiary/aromatic N) is 1. The minimum Gasteiger partial charge on any atom is -0.507 e. The van der Waals surface area contributed by atoms with Crippen molar-refractivity contribution in [1.29, 1.82) is 0 Å². The number of carbonyl (C=O) groups excluding carboxylic acids is 1. The normalized spacial score (nSPS) is 11.9. The summed E-state index contributed by atoms with van der Waals surface area (Å²) in [7, 11) is 1.45. The molecule has 6 heteroatoms. The van der Waals surface area contributed by atoms with Crippen molar-refractivity contribution in [2.75, 3.05) is 13.7 Å². The van der Waals surface area contributed by atoms with E-state index >= 15 is 0 Å². The van der Waals surface area contributed by atoms with Gasteiger partial charge in [0.25, 0.3) is 5.91 Å². The maximum atomic E-state index is 12.2. The summed E-state index contributed by atoms with van der Waals surface area (Å²) in [5.74, 6) is 0.100. The number of carbonyl (C=O) groups is 1. The van der Waals surface area contributed by atoms with E-state index in [-0.39, 0.29) is 5.75 Å². The van der Waals surface area contributed by atoms with Crippen LogP contribution in [0, 0.1) is 0 Å². The zero-order valence-electron chi connectivity index (χ0n) is 13.9. The molecule has 1 amide bonds. The Balaban J connectivity index is 2.00. The molecular formula is C19H20N2O4. The second-order valence-electron chi connectivity index (χ2n) is 5.08. The van der Waals surface area contributed by atoms with Gasteiger partial charge in [0.05, 0.1) is 6.21 Å². The van der Waals surface area contributed by atoms with Crippen LogP contribution in [0.2, 0.25) is 0 Å². The molecule has 2 N–H and O–H groups in total. The van der Waals surface area contributed by atoms with Crippen LogP contribution in [0.5, 0.6) is 11.5 Å². The molecule has 0 saturated carbocycles. The largest absolute Gasteiger partial charge is 0.507 e. The van der Waals surface area contributed by atoms with Crippen LogP contribution in [0.25, 0.3) is 0 Å². The minimum atomic E-state index is -0.762. The highest BCUT2D eigenvalue weighted by atomic mass is 16.5. The highest BCUT2D eigenvalue weighted by Gasteiger charge is 2.19. The van der Waals surface area contributed by atoms with E-state index in [1.165, 1.54) is 19.4 Å². The Hall–Kier alpha value is -3.12. The van der Waals surface area contributed by atoms with Gasteiger partial charge >= 0.3 is 0 Å². The number of amides is 1. The molecule has 0 aliphatic carbocycles. The Bertz CT molecular complexity index is 744. The van der Waals surface area contributed by atoms with Gasteiger partial charge in [-0.15, -0.1) is 0 Å². The standard InChI is InChI=1S/C19H20N2O4/c1-3-11-25-16-10-9-15(17(22)12-16)13-20-21-19(23)18(24-2)14-7-5-4-6-8-14/h3-10,12-13,18,22H,1,11H2,2H3,(H,21,23)/b20-13-/t18-/m1/s1. The fourth-order valence-corrected chi connectivity index (χ4v) is 2.12. The molecular weight excluding hydrogens is 320 g/mol. The van der Waals surface area contributed by atoms with Crippen LogP contribution in [0.15, 0.2) is 66.3 Å². The molecule has 0 fully saturated rings. The van der Waals surface area contributed by atoms with Gasteiger partial charge in [0.2, 0.25) is 0 Å². The number of phenols is 1. The molecule has 0 spiro atoms. The van der Waals surface area contributed by atoms with E-state index in [0.29, 0.717) is 17.9 Å². The fraction of sp³-hybridized carbons (Fsp3) is 0.158. The summed E-state index contributed by atoms with van der Waals surface area (Å²) in [6.07, 6.45) is 2.20. The number of nitrogens with one attached hydrogen (secondary N) is 1. The molecule has 0 heterocycles. The van der Waals surface area contributed by atoms with E-state index in [0.717, 1.165) is 5.56 Å². The van der Waals surface area contributed by atoms with Gasteiger partial charge in [-0.25, -0.2) is 5.43 Å². The highest BCUT2D eigenvalue weighted by Crippen LogP contribution is 2.22. The van der Waals surface area contributed by atoms with Crippen molar-refractivity contribution in [3.05, 3.63) is 72.3 Å². The number of aromatic hydroxyl groups is 1. The van der Waals surface area contributed by atoms with Crippen LogP contribution in [0.1, 0.15) is 17.2 Å². The number of hydrazone groups is 1. The molecule has 0 unspecified atom stereocenters. The summed E-state index contributed by atoms with van der Waals surface area (Å²) in [6.45, 7) is 3.90. The maximum absolute atomic E-state index is 12.2. The Morgan fingerprint density at radius 2 is 2.08 bits per heavy atom. The number of hydrogen-bond acceptors (Lipinski definition) is 5. The van der Waals surface area contributed by atoms with Crippen molar-refractivity contribution in [3.63, 3.8) is 0 Å². The fourth-order valence-electron chi connectivity index (χ4n) is 2.12. The number of methoxy groups -OCH3 is 1. The average molecular weight is 340 g/mol. The van der Waals surface area contributed by atoms with Crippen LogP contribution in [-0.2, 0) is 9.53 Å². The van der Waals surface area contributed by atoms with Gasteiger partial charge in [0, 0.05) is 18.7 Å². The molecule has 25 heavy (non-hydrogen) atoms. The molecule has 0 aliphatic heterocycles. The average Bonchev–Trinajstić information content (AvgIpc) is 2.63. The molecule has 2 aromatic carbocycles. The zero-order valence-corrected chi connectivity index (χ0v) is 13.9. The van der Waals surface area contributed by atoms with E-state index in [2.05, 4.69) is 17.1 Å². The third-order valence-corrected chi connectivity index (χ3v) is 3.32. The van der Waals surface area contributed by atoms with Crippen molar-refractivity contribution >= 4 is 12.1 Å². The lowest BCUT2D eigenvalue weighted by Crippen LogP contribution is -2.26. The van der Waals surface area contributed by atoms with Gasteiger partial charge < -0.3 is 14.6 Å². The number of benzene rings is 2. The van der Waals surface area contributed by atoms with Gasteiger partial charge in [0.15, 0.2) is 6.10 Å². The molecule has 0 saturated heterocycles. The van der Waals surface area contributed by atoms with E-state index in [1.54, 1.807) is 30.3 Å². The number of rotatable bonds is 8. The maximum Gasteiger partial charge on any atom is 0.273 e. The van der Waals surface area contributed by atoms with Crippen molar-refractivity contribution in [3.8, 4) is 11.5 Å². The van der Waals surface area contributed by atoms with Crippen LogP contribution in [0.3, 0.4) is 0 Å². The quantitative estimate of drug-likeness (QED) is 0.440. The summed E-state index contributed by atoms with van der Waals surface area (Å²) in [6, 6.07) is 13.9. The molecule has 130 valence electrons. The summed E-state index contributed by atoms with van der Waals surface area (Å²) in [5.41, 5.74) is 3.58. The molecule has 0 aromatic heterocycles. The highest BCUT2D eigenvalue weighted by molar-refractivity contribution is 5.87. The van der Waals surface area contributed by atoms with Crippen molar-refractivity contribution < 1.29 is 19.4 Å². The predicted octanol–water partition coefficient (Wildman–Crippen LogP) is 2.79. The SMILES string of the molecule is C=CCOc1ccc(/C=N\NC(=O)[C@H](OC)c2ccccc2)c(O)c1. The van der Waals surface area contributed by atoms with Gasteiger partial charge in [-0.3, -0.25) is 4.79 Å². The van der Waals surface area contributed by atoms with E-state index in [4.69, 9.17) is 9.47 Å². The number of hydrogen-bond donors (Lipinski definition) is 2. The third kappa shape index (κ3) is 5.19. The first-order valence-corrected chi connectivity index (χ1v) is 7.63. The molecule has 2 aromatic rings. The van der Waals surface area contributed by atoms with Crippen molar-refractivity contribution in [1.82, 2.24) is 5.43 Å². The monoisotopic (exact) mass is 340 g/mol. The summed E-state index contributed by atoms with van der Waals surface area (Å²) >= 11 is 0. The predicted molar refractivity (Wildman–Crippen MR) is 95.7 cm³/mol. The molecule has 0 aliphatic rings. The molecule has 6 nitrogen and oxygen atoms in total. The Morgan fingerprint density at radius 3 is 2.72 bits per heavy atom. The molecule has 0 radical (unpaired) electrons. The summed E-state index contributed by atoms with van der Waals surface area (Å²) in [5, 5.41) is 13.8. The first-order valence-electron chi connectivity index (χ1n) is 7.63. The van der Waals surface area contributed by atoms with Crippen LogP contribution < -0.4 is 10.2 Å². The van der Waals surface area contributed by atoms with Gasteiger partial charge in [-0.2, -0.15) is 5.10 Å². The van der Waals surface area contributed by atoms with E-state index in [1.807, 2.05) is 18.2 Å². The van der Waals surface area contributed by atoms with Gasteiger partial charge in [0.1, 0.15) is 18.1 Å². The smallest absolute Gasteiger partial charge is 0.273 e. The van der Waals surface area contributed by atoms with Crippen LogP contribution in [-0.4, -0.2) is 30.9 Å². The molecule has 1 atom stereocenters. The Kier molecular flexibility index (Phi) is 6.74. The topological polar surface area (TPSA) is 80.2 Å². The van der Waals surface area contributed by atoms with Gasteiger partial charge in [-0.1, -0.05) is 43.0 Å². The zero-order chi connectivity index (χ0) is 18.1. The Morgan fingerprint density at radius 1 is 1.32 bits per heavy atom. The van der Waals surface area contributed by atoms with E-state index in [9.17, 15) is 9.90 Å². The second-order valence-corrected chi connectivity index (χ2v) is 5.08. The lowest BCUT2D eigenvalue weighted by molar-refractivity contribution is -0.131. The molecule has 2 rings (SSSR count). The first-order chi connectivity index (χ1) is 12.2. The van der Waals surface area contributed by atoms with Crippen LogP contribution in [0.4, 0.5) is 0 Å². The van der Waals surface area contributed by atoms with E-state index < -0.39 is 12.0 Å². The summed E-state index contributed by atoms with van der Waals surface area (Å²) in [4.78, 5) is 12.2. The lowest BCUT2D eigenvalue weighted by Gasteiger charge is -2.13. The lowest BCUT2D eigenvalue weighted by atomic mass is 10.1. The Labute approximate surface area is 146 Å². The van der Waals surface area contributed by atoms with Crippen molar-refractivity contribution in [2.45, 2.75) is 6.10 Å².